The van der Waals surface area contributed by atoms with Gasteiger partial charge in [0.2, 0.25) is 0 Å². The van der Waals surface area contributed by atoms with E-state index in [4.69, 9.17) is 0 Å². The Balaban J connectivity index is 1.45. The van der Waals surface area contributed by atoms with Gasteiger partial charge in [-0.05, 0) is 68.8 Å². The number of aryl methyl sites for hydroxylation is 2. The summed E-state index contributed by atoms with van der Waals surface area (Å²) < 4.78 is 9.96. The van der Waals surface area contributed by atoms with Crippen LogP contribution in [-0.4, -0.2) is 17.9 Å². The minimum absolute atomic E-state index is 0.899. The molecular weight excluding hydrogens is 579 g/mol. The first-order chi connectivity index (χ1) is 22.6. The Morgan fingerprint density at radius 1 is 0.478 bits per heavy atom. The van der Waals surface area contributed by atoms with E-state index in [9.17, 15) is 0 Å². The summed E-state index contributed by atoms with van der Waals surface area (Å²) in [5, 5.41) is 3.94. The molecule has 4 heterocycles. The third-order valence-electron chi connectivity index (χ3n) is 9.46. The number of hydrogen-bond acceptors (Lipinski definition) is 0. The normalized spacial score (nSPS) is 12.0. The molecular formula is C41H33N4P. The highest BCUT2D eigenvalue weighted by Crippen LogP contribution is 2.48. The molecule has 0 N–H and O–H groups in total. The van der Waals surface area contributed by atoms with E-state index in [0.29, 0.717) is 0 Å². The average Bonchev–Trinajstić information content (AvgIpc) is 3.83. The lowest BCUT2D eigenvalue weighted by Crippen LogP contribution is -2.17. The van der Waals surface area contributed by atoms with Gasteiger partial charge < -0.3 is 8.90 Å². The second kappa shape index (κ2) is 10.4. The fourth-order valence-electron chi connectivity index (χ4n) is 7.43. The molecule has 0 amide bonds. The quantitative estimate of drug-likeness (QED) is 0.173. The first-order valence-corrected chi connectivity index (χ1v) is 17.1. The molecule has 0 aliphatic heterocycles. The molecule has 5 heteroatoms. The molecule has 0 bridgehead atoms. The van der Waals surface area contributed by atoms with Crippen molar-refractivity contribution < 1.29 is 0 Å². The van der Waals surface area contributed by atoms with E-state index in [2.05, 4.69) is 184 Å². The van der Waals surface area contributed by atoms with Crippen LogP contribution in [0.1, 0.15) is 16.8 Å². The summed E-state index contributed by atoms with van der Waals surface area (Å²) in [6.45, 7) is 6.75. The molecule has 0 atom stereocenters. The number of benzene rings is 5. The molecule has 0 aliphatic rings. The lowest BCUT2D eigenvalue weighted by atomic mass is 10.1. The van der Waals surface area contributed by atoms with Crippen molar-refractivity contribution in [3.8, 4) is 11.4 Å². The van der Waals surface area contributed by atoms with Crippen molar-refractivity contribution in [2.45, 2.75) is 20.8 Å². The fraction of sp³-hybridized carbons (Fsp3) is 0.0732. The number of hydrogen-bond donors (Lipinski definition) is 0. The maximum absolute atomic E-state index is 2.65. The summed E-state index contributed by atoms with van der Waals surface area (Å²) in [4.78, 5) is 0. The first-order valence-electron chi connectivity index (χ1n) is 15.8. The van der Waals surface area contributed by atoms with Crippen LogP contribution in [0.5, 0.6) is 0 Å². The van der Waals surface area contributed by atoms with E-state index < -0.39 is 8.07 Å². The molecule has 222 valence electrons. The highest BCUT2D eigenvalue weighted by atomic mass is 31.1. The zero-order valence-corrected chi connectivity index (χ0v) is 27.0. The highest BCUT2D eigenvalue weighted by molar-refractivity contribution is 7.72. The third kappa shape index (κ3) is 3.77. The van der Waals surface area contributed by atoms with Crippen molar-refractivity contribution in [1.82, 2.24) is 17.9 Å². The molecule has 0 spiro atoms. The first kappa shape index (κ1) is 27.0. The standard InChI is InChI=1S/C41H33N4P/c1-28-16-15-27-42(28)34-25-14-26-35(29(34)2)43-37-23-12-13-24-38(37)44-40-33-21-10-11-22-36(33)45(39(40)30(3)41(43)44)46(31-17-6-4-7-18-31)32-19-8-5-9-20-32/h4-27H,1-3H3. The van der Waals surface area contributed by atoms with Crippen molar-refractivity contribution in [2.75, 3.05) is 0 Å². The van der Waals surface area contributed by atoms with Crippen molar-refractivity contribution in [1.29, 1.82) is 0 Å². The molecule has 0 saturated carbocycles. The van der Waals surface area contributed by atoms with Gasteiger partial charge in [0, 0.05) is 33.4 Å². The van der Waals surface area contributed by atoms with E-state index in [0.717, 1.165) is 0 Å². The zero-order chi connectivity index (χ0) is 30.9. The van der Waals surface area contributed by atoms with Crippen LogP contribution in [-0.2, 0) is 0 Å². The molecule has 46 heavy (non-hydrogen) atoms. The minimum Gasteiger partial charge on any atom is -0.321 e. The van der Waals surface area contributed by atoms with Crippen LogP contribution in [0.4, 0.5) is 0 Å². The van der Waals surface area contributed by atoms with E-state index in [1.807, 2.05) is 0 Å². The Hall–Kier alpha value is -5.31. The van der Waals surface area contributed by atoms with Crippen molar-refractivity contribution in [3.05, 3.63) is 163 Å². The lowest BCUT2D eigenvalue weighted by Gasteiger charge is -2.22. The number of fused-ring (bicyclic) bond motifs is 7. The summed E-state index contributed by atoms with van der Waals surface area (Å²) >= 11 is 0. The van der Waals surface area contributed by atoms with Gasteiger partial charge in [-0.25, -0.2) is 0 Å². The van der Waals surface area contributed by atoms with Crippen LogP contribution in [0.2, 0.25) is 0 Å². The monoisotopic (exact) mass is 612 g/mol. The predicted octanol–water partition coefficient (Wildman–Crippen LogP) is 9.60. The van der Waals surface area contributed by atoms with E-state index >= 15 is 0 Å². The Morgan fingerprint density at radius 2 is 1.09 bits per heavy atom. The zero-order valence-electron chi connectivity index (χ0n) is 26.1. The number of aromatic nitrogens is 4. The van der Waals surface area contributed by atoms with E-state index in [-0.39, 0.29) is 0 Å². The smallest absolute Gasteiger partial charge is 0.128 e. The lowest BCUT2D eigenvalue weighted by molar-refractivity contribution is 0.989. The topological polar surface area (TPSA) is 19.2 Å². The Morgan fingerprint density at radius 3 is 1.76 bits per heavy atom. The molecule has 0 unspecified atom stereocenters. The minimum atomic E-state index is -0.899. The Bertz CT molecular complexity index is 2520. The number of nitrogens with zero attached hydrogens (tertiary/aromatic N) is 4. The third-order valence-corrected chi connectivity index (χ3v) is 11.8. The van der Waals surface area contributed by atoms with Crippen molar-refractivity contribution >= 4 is 57.3 Å². The van der Waals surface area contributed by atoms with Gasteiger partial charge in [0.1, 0.15) is 5.65 Å². The fourth-order valence-corrected chi connectivity index (χ4v) is 9.93. The van der Waals surface area contributed by atoms with E-state index in [1.54, 1.807) is 0 Å². The van der Waals surface area contributed by atoms with Crippen LogP contribution < -0.4 is 10.6 Å². The SMILES string of the molecule is Cc1c(-n2cccc2C)cccc1-n1c2ccccc2n2c3c4ccccc4n(P(c4ccccc4)c4ccccc4)c3c(C)c12. The molecule has 9 aromatic rings. The molecule has 0 saturated heterocycles. The summed E-state index contributed by atoms with van der Waals surface area (Å²) in [6, 6.07) is 50.9. The maximum atomic E-state index is 2.65. The van der Waals surface area contributed by atoms with Gasteiger partial charge in [-0.15, -0.1) is 0 Å². The number of para-hydroxylation sites is 3. The van der Waals surface area contributed by atoms with E-state index in [1.165, 1.54) is 77.4 Å². The molecule has 4 nitrogen and oxygen atoms in total. The second-order valence-electron chi connectivity index (χ2n) is 12.1. The van der Waals surface area contributed by atoms with Crippen LogP contribution in [0.25, 0.3) is 50.0 Å². The van der Waals surface area contributed by atoms with Gasteiger partial charge in [-0.1, -0.05) is 97.1 Å². The Labute approximate surface area is 269 Å². The van der Waals surface area contributed by atoms with Crippen LogP contribution in [0.15, 0.2) is 146 Å². The summed E-state index contributed by atoms with van der Waals surface area (Å²) in [5.74, 6) is 0. The average molecular weight is 613 g/mol. The highest BCUT2D eigenvalue weighted by Gasteiger charge is 2.29. The second-order valence-corrected chi connectivity index (χ2v) is 14.1. The van der Waals surface area contributed by atoms with Crippen LogP contribution in [0.3, 0.4) is 0 Å². The van der Waals surface area contributed by atoms with Crippen LogP contribution >= 0.6 is 8.07 Å². The van der Waals surface area contributed by atoms with Gasteiger partial charge in [0.25, 0.3) is 0 Å². The van der Waals surface area contributed by atoms with Gasteiger partial charge in [0.05, 0.1) is 47.0 Å². The summed E-state index contributed by atoms with van der Waals surface area (Å²) in [5.41, 5.74) is 13.6. The maximum Gasteiger partial charge on any atom is 0.128 e. The summed E-state index contributed by atoms with van der Waals surface area (Å²) in [6.07, 6.45) is 2.16. The Kier molecular flexibility index (Phi) is 6.10. The van der Waals surface area contributed by atoms with Gasteiger partial charge in [-0.3, -0.25) is 8.97 Å². The molecule has 0 aliphatic carbocycles. The summed E-state index contributed by atoms with van der Waals surface area (Å²) in [7, 11) is -0.899. The number of rotatable bonds is 5. The molecule has 0 fully saturated rings. The largest absolute Gasteiger partial charge is 0.321 e. The van der Waals surface area contributed by atoms with Crippen molar-refractivity contribution in [3.63, 3.8) is 0 Å². The molecule has 4 aromatic heterocycles. The molecule has 9 rings (SSSR count). The van der Waals surface area contributed by atoms with Crippen molar-refractivity contribution in [2.24, 2.45) is 0 Å². The predicted molar refractivity (Wildman–Crippen MR) is 195 cm³/mol. The molecule has 0 radical (unpaired) electrons. The van der Waals surface area contributed by atoms with Gasteiger partial charge in [-0.2, -0.15) is 0 Å². The van der Waals surface area contributed by atoms with Gasteiger partial charge >= 0.3 is 0 Å². The van der Waals surface area contributed by atoms with Crippen LogP contribution in [0, 0.1) is 20.8 Å². The van der Waals surface area contributed by atoms with Gasteiger partial charge in [0.15, 0.2) is 0 Å². The molecule has 5 aromatic carbocycles. The number of imidazole rings is 1.